The normalized spacial score (nSPS) is 12.1. The van der Waals surface area contributed by atoms with Gasteiger partial charge in [-0.3, -0.25) is 5.43 Å². The number of hydrogen-bond donors (Lipinski definition) is 3. The summed E-state index contributed by atoms with van der Waals surface area (Å²) in [5.74, 6) is 0. The second-order valence-corrected chi connectivity index (χ2v) is 5.54. The van der Waals surface area contributed by atoms with Crippen molar-refractivity contribution < 1.29 is 0 Å². The first-order valence-electron chi connectivity index (χ1n) is 5.76. The van der Waals surface area contributed by atoms with Crippen LogP contribution in [0, 0.1) is 0 Å². The summed E-state index contributed by atoms with van der Waals surface area (Å²) in [4.78, 5) is 0. The molecule has 0 bridgehead atoms. The molecule has 0 radical (unpaired) electrons. The predicted octanol–water partition coefficient (Wildman–Crippen LogP) is 2.26. The van der Waals surface area contributed by atoms with E-state index in [-0.39, 0.29) is 5.54 Å². The van der Waals surface area contributed by atoms with Gasteiger partial charge in [0.05, 0.1) is 5.71 Å². The number of thiocarbonyl (C=S) groups is 1. The average Bonchev–Trinajstić information content (AvgIpc) is 2.24. The van der Waals surface area contributed by atoms with Crippen molar-refractivity contribution in [3.63, 3.8) is 0 Å². The van der Waals surface area contributed by atoms with E-state index in [0.29, 0.717) is 5.11 Å². The van der Waals surface area contributed by atoms with Gasteiger partial charge in [0.25, 0.3) is 0 Å². The monoisotopic (exact) mass is 264 g/mol. The molecule has 0 atom stereocenters. The molecule has 18 heavy (non-hydrogen) atoms. The Morgan fingerprint density at radius 2 is 1.78 bits per heavy atom. The maximum Gasteiger partial charge on any atom is 0.187 e. The summed E-state index contributed by atoms with van der Waals surface area (Å²) in [6, 6.07) is 7.55. The molecule has 0 fully saturated rings. The van der Waals surface area contributed by atoms with Crippen LogP contribution in [0.2, 0.25) is 0 Å². The molecule has 1 aromatic carbocycles. The van der Waals surface area contributed by atoms with Gasteiger partial charge in [0.1, 0.15) is 0 Å². The van der Waals surface area contributed by atoms with E-state index in [1.54, 1.807) is 0 Å². The summed E-state index contributed by atoms with van der Waals surface area (Å²) < 4.78 is 0. The number of hydrogen-bond acceptors (Lipinski definition) is 3. The molecule has 0 saturated heterocycles. The Labute approximate surface area is 114 Å². The minimum Gasteiger partial charge on any atom is -0.399 e. The Hall–Kier alpha value is -1.62. The molecule has 0 saturated carbocycles. The van der Waals surface area contributed by atoms with Crippen LogP contribution in [0.15, 0.2) is 29.4 Å². The van der Waals surface area contributed by atoms with E-state index in [9.17, 15) is 0 Å². The molecule has 4 N–H and O–H groups in total. The molecule has 0 aromatic heterocycles. The van der Waals surface area contributed by atoms with E-state index in [4.69, 9.17) is 18.0 Å². The fraction of sp³-hybridized carbons (Fsp3) is 0.385. The van der Waals surface area contributed by atoms with Gasteiger partial charge in [0, 0.05) is 11.2 Å². The number of nitrogen functional groups attached to an aromatic ring is 1. The maximum atomic E-state index is 5.63. The maximum absolute atomic E-state index is 5.63. The first-order chi connectivity index (χ1) is 8.28. The largest absolute Gasteiger partial charge is 0.399 e. The van der Waals surface area contributed by atoms with Gasteiger partial charge in [-0.15, -0.1) is 0 Å². The molecule has 5 heteroatoms. The van der Waals surface area contributed by atoms with Crippen molar-refractivity contribution >= 4 is 28.7 Å². The molecule has 0 aliphatic heterocycles. The molecule has 1 rings (SSSR count). The van der Waals surface area contributed by atoms with Crippen molar-refractivity contribution in [3.8, 4) is 0 Å². The number of anilines is 1. The van der Waals surface area contributed by atoms with Gasteiger partial charge in [-0.2, -0.15) is 5.10 Å². The highest BCUT2D eigenvalue weighted by Crippen LogP contribution is 2.06. The van der Waals surface area contributed by atoms with Crippen LogP contribution in [-0.4, -0.2) is 16.4 Å². The van der Waals surface area contributed by atoms with E-state index in [1.165, 1.54) is 0 Å². The summed E-state index contributed by atoms with van der Waals surface area (Å²) in [5.41, 5.74) is 11.0. The SMILES string of the molecule is C/C(=N/NC(=S)NC(C)(C)C)c1ccc(N)cc1. The van der Waals surface area contributed by atoms with Crippen LogP contribution in [0.4, 0.5) is 5.69 Å². The first kappa shape index (κ1) is 14.4. The molecule has 0 heterocycles. The van der Waals surface area contributed by atoms with Crippen LogP contribution >= 0.6 is 12.2 Å². The summed E-state index contributed by atoms with van der Waals surface area (Å²) >= 11 is 5.14. The highest BCUT2D eigenvalue weighted by atomic mass is 32.1. The summed E-state index contributed by atoms with van der Waals surface area (Å²) in [6.07, 6.45) is 0. The Balaban J connectivity index is 2.62. The van der Waals surface area contributed by atoms with Gasteiger partial charge < -0.3 is 11.1 Å². The Kier molecular flexibility index (Phi) is 4.67. The summed E-state index contributed by atoms with van der Waals surface area (Å²) in [6.45, 7) is 8.03. The highest BCUT2D eigenvalue weighted by Gasteiger charge is 2.10. The fourth-order valence-electron chi connectivity index (χ4n) is 1.29. The molecule has 0 unspecified atom stereocenters. The number of hydrazone groups is 1. The summed E-state index contributed by atoms with van der Waals surface area (Å²) in [5, 5.41) is 7.87. The lowest BCUT2D eigenvalue weighted by atomic mass is 10.1. The van der Waals surface area contributed by atoms with Crippen molar-refractivity contribution in [2.75, 3.05) is 5.73 Å². The van der Waals surface area contributed by atoms with E-state index >= 15 is 0 Å². The van der Waals surface area contributed by atoms with Crippen LogP contribution in [0.1, 0.15) is 33.3 Å². The van der Waals surface area contributed by atoms with Crippen molar-refractivity contribution in [2.45, 2.75) is 33.2 Å². The Morgan fingerprint density at radius 1 is 1.22 bits per heavy atom. The molecule has 0 aliphatic carbocycles. The Morgan fingerprint density at radius 3 is 2.28 bits per heavy atom. The number of nitrogens with one attached hydrogen (secondary N) is 2. The molecule has 1 aromatic rings. The number of nitrogens with zero attached hydrogens (tertiary/aromatic N) is 1. The van der Waals surface area contributed by atoms with Crippen LogP contribution in [0.3, 0.4) is 0 Å². The van der Waals surface area contributed by atoms with Gasteiger partial charge in [-0.1, -0.05) is 12.1 Å². The fourth-order valence-corrected chi connectivity index (χ4v) is 1.64. The highest BCUT2D eigenvalue weighted by molar-refractivity contribution is 7.80. The van der Waals surface area contributed by atoms with Gasteiger partial charge >= 0.3 is 0 Å². The third-order valence-corrected chi connectivity index (χ3v) is 2.34. The predicted molar refractivity (Wildman–Crippen MR) is 81.7 cm³/mol. The van der Waals surface area contributed by atoms with E-state index in [2.05, 4.69) is 15.8 Å². The second-order valence-electron chi connectivity index (χ2n) is 5.14. The number of nitrogens with two attached hydrogens (primary N) is 1. The van der Waals surface area contributed by atoms with Gasteiger partial charge in [-0.05, 0) is 57.6 Å². The van der Waals surface area contributed by atoms with E-state index < -0.39 is 0 Å². The van der Waals surface area contributed by atoms with Crippen LogP contribution in [0.5, 0.6) is 0 Å². The van der Waals surface area contributed by atoms with Gasteiger partial charge in [0.15, 0.2) is 5.11 Å². The molecular weight excluding hydrogens is 244 g/mol. The molecule has 98 valence electrons. The van der Waals surface area contributed by atoms with Crippen LogP contribution < -0.4 is 16.5 Å². The second kappa shape index (κ2) is 5.82. The van der Waals surface area contributed by atoms with E-state index in [1.807, 2.05) is 52.0 Å². The van der Waals surface area contributed by atoms with E-state index in [0.717, 1.165) is 17.0 Å². The van der Waals surface area contributed by atoms with Crippen molar-refractivity contribution in [1.29, 1.82) is 0 Å². The first-order valence-corrected chi connectivity index (χ1v) is 6.17. The molecule has 4 nitrogen and oxygen atoms in total. The lowest BCUT2D eigenvalue weighted by Gasteiger charge is -2.21. The minimum absolute atomic E-state index is 0.0747. The lowest BCUT2D eigenvalue weighted by molar-refractivity contribution is 0.508. The zero-order chi connectivity index (χ0) is 13.8. The molecular formula is C13H20N4S. The zero-order valence-electron chi connectivity index (χ0n) is 11.2. The summed E-state index contributed by atoms with van der Waals surface area (Å²) in [7, 11) is 0. The van der Waals surface area contributed by atoms with Crippen molar-refractivity contribution in [1.82, 2.24) is 10.7 Å². The number of benzene rings is 1. The third-order valence-electron chi connectivity index (χ3n) is 2.14. The van der Waals surface area contributed by atoms with Gasteiger partial charge in [-0.25, -0.2) is 0 Å². The average molecular weight is 264 g/mol. The standard InChI is InChI=1S/C13H20N4S/c1-9(10-5-7-11(14)8-6-10)16-17-12(18)15-13(2,3)4/h5-8H,14H2,1-4H3,(H2,15,17,18)/b16-9-. The lowest BCUT2D eigenvalue weighted by Crippen LogP contribution is -2.44. The zero-order valence-corrected chi connectivity index (χ0v) is 12.1. The van der Waals surface area contributed by atoms with Crippen molar-refractivity contribution in [2.24, 2.45) is 5.10 Å². The molecule has 0 aliphatic rings. The van der Waals surface area contributed by atoms with Crippen LogP contribution in [0.25, 0.3) is 0 Å². The molecule has 0 spiro atoms. The topological polar surface area (TPSA) is 62.4 Å². The van der Waals surface area contributed by atoms with Crippen LogP contribution in [-0.2, 0) is 0 Å². The minimum atomic E-state index is -0.0747. The Bertz CT molecular complexity index is 443. The van der Waals surface area contributed by atoms with Gasteiger partial charge in [0.2, 0.25) is 0 Å². The van der Waals surface area contributed by atoms with Crippen molar-refractivity contribution in [3.05, 3.63) is 29.8 Å². The third kappa shape index (κ3) is 5.14. The quantitative estimate of drug-likeness (QED) is 0.332. The smallest absolute Gasteiger partial charge is 0.187 e. The number of rotatable bonds is 2. The molecule has 0 amide bonds.